The molecule has 0 aliphatic carbocycles. The third-order valence-electron chi connectivity index (χ3n) is 5.62. The summed E-state index contributed by atoms with van der Waals surface area (Å²) in [6.07, 6.45) is 0.544. The molecule has 1 aromatic heterocycles. The van der Waals surface area contributed by atoms with Crippen LogP contribution in [0.25, 0.3) is 11.4 Å². The standard InChI is InChI=1S/C26H19ClN2O5S/c27-20-12-19-18(26(31)32)10-11-33-22(19)14-23(20)34-17-8-6-15(7-9-17)21(30)13-24-28-25(29-35-24)16-4-2-1-3-5-16/h1-9,12,14,18H,10-11,13H2,(H,31,32). The molecule has 0 saturated carbocycles. The predicted molar refractivity (Wildman–Crippen MR) is 132 cm³/mol. The van der Waals surface area contributed by atoms with Gasteiger partial charge in [0.1, 0.15) is 22.3 Å². The zero-order valence-corrected chi connectivity index (χ0v) is 19.9. The predicted octanol–water partition coefficient (Wildman–Crippen LogP) is 6.03. The number of nitrogens with zero attached hydrogens (tertiary/aromatic N) is 2. The van der Waals surface area contributed by atoms with Crippen LogP contribution in [0, 0.1) is 0 Å². The van der Waals surface area contributed by atoms with E-state index in [2.05, 4.69) is 9.36 Å². The first-order valence-corrected chi connectivity index (χ1v) is 12.0. The van der Waals surface area contributed by atoms with E-state index < -0.39 is 11.9 Å². The van der Waals surface area contributed by atoms with E-state index in [-0.39, 0.29) is 17.2 Å². The van der Waals surface area contributed by atoms with E-state index in [0.29, 0.717) is 52.2 Å². The molecule has 176 valence electrons. The summed E-state index contributed by atoms with van der Waals surface area (Å²) < 4.78 is 15.9. The second kappa shape index (κ2) is 9.85. The third-order valence-corrected chi connectivity index (χ3v) is 6.62. The number of carbonyl (C=O) groups excluding carboxylic acids is 1. The number of fused-ring (bicyclic) bond motifs is 1. The lowest BCUT2D eigenvalue weighted by atomic mass is 9.93. The summed E-state index contributed by atoms with van der Waals surface area (Å²) in [5.74, 6) is 0.239. The Bertz CT molecular complexity index is 1390. The summed E-state index contributed by atoms with van der Waals surface area (Å²) >= 11 is 7.58. The van der Waals surface area contributed by atoms with Crippen molar-refractivity contribution in [2.24, 2.45) is 0 Å². The second-order valence-electron chi connectivity index (χ2n) is 7.95. The van der Waals surface area contributed by atoms with Gasteiger partial charge in [0.05, 0.1) is 24.0 Å². The van der Waals surface area contributed by atoms with Crippen molar-refractivity contribution in [1.82, 2.24) is 9.36 Å². The van der Waals surface area contributed by atoms with Crippen molar-refractivity contribution in [2.45, 2.75) is 18.8 Å². The number of aliphatic carboxylic acids is 1. The van der Waals surface area contributed by atoms with Gasteiger partial charge in [-0.2, -0.15) is 4.37 Å². The number of carbonyl (C=O) groups is 2. The van der Waals surface area contributed by atoms with Crippen LogP contribution in [0.4, 0.5) is 0 Å². The lowest BCUT2D eigenvalue weighted by Gasteiger charge is -2.24. The number of carboxylic acid groups (broad SMARTS) is 1. The Morgan fingerprint density at radius 3 is 2.63 bits per heavy atom. The minimum absolute atomic E-state index is 0.0766. The van der Waals surface area contributed by atoms with E-state index in [1.807, 2.05) is 30.3 Å². The van der Waals surface area contributed by atoms with Gasteiger partial charge in [-0.1, -0.05) is 41.9 Å². The van der Waals surface area contributed by atoms with E-state index >= 15 is 0 Å². The first kappa shape index (κ1) is 23.0. The molecular weight excluding hydrogens is 488 g/mol. The maximum Gasteiger partial charge on any atom is 0.311 e. The fourth-order valence-electron chi connectivity index (χ4n) is 3.83. The van der Waals surface area contributed by atoms with Gasteiger partial charge < -0.3 is 14.6 Å². The summed E-state index contributed by atoms with van der Waals surface area (Å²) in [5.41, 5.74) is 1.97. The fraction of sp³-hybridized carbons (Fsp3) is 0.154. The molecule has 1 unspecified atom stereocenters. The molecule has 1 aliphatic rings. The molecule has 0 radical (unpaired) electrons. The van der Waals surface area contributed by atoms with E-state index in [9.17, 15) is 14.7 Å². The van der Waals surface area contributed by atoms with Crippen LogP contribution in [0.1, 0.15) is 33.3 Å². The van der Waals surface area contributed by atoms with Gasteiger partial charge in [0, 0.05) is 22.8 Å². The molecule has 1 aliphatic heterocycles. The van der Waals surface area contributed by atoms with Crippen LogP contribution in [0.15, 0.2) is 66.7 Å². The monoisotopic (exact) mass is 506 g/mol. The number of aromatic nitrogens is 2. The Morgan fingerprint density at radius 1 is 1.11 bits per heavy atom. The molecule has 1 N–H and O–H groups in total. The smallest absolute Gasteiger partial charge is 0.311 e. The molecule has 0 amide bonds. The van der Waals surface area contributed by atoms with Gasteiger partial charge in [0.25, 0.3) is 0 Å². The first-order chi connectivity index (χ1) is 17.0. The molecule has 2 heterocycles. The van der Waals surface area contributed by atoms with Crippen molar-refractivity contribution in [3.63, 3.8) is 0 Å². The maximum absolute atomic E-state index is 12.7. The highest BCUT2D eigenvalue weighted by Gasteiger charge is 2.29. The quantitative estimate of drug-likeness (QED) is 0.306. The minimum Gasteiger partial charge on any atom is -0.493 e. The molecular formula is C26H19ClN2O5S. The van der Waals surface area contributed by atoms with Gasteiger partial charge in [-0.15, -0.1) is 0 Å². The van der Waals surface area contributed by atoms with Crippen molar-refractivity contribution in [1.29, 1.82) is 0 Å². The summed E-state index contributed by atoms with van der Waals surface area (Å²) in [6.45, 7) is 0.309. The van der Waals surface area contributed by atoms with Crippen molar-refractivity contribution < 1.29 is 24.2 Å². The summed E-state index contributed by atoms with van der Waals surface area (Å²) in [5, 5.41) is 10.4. The van der Waals surface area contributed by atoms with Crippen LogP contribution in [0.3, 0.4) is 0 Å². The van der Waals surface area contributed by atoms with E-state index in [1.54, 1.807) is 36.4 Å². The number of rotatable bonds is 7. The van der Waals surface area contributed by atoms with Crippen molar-refractivity contribution in [3.8, 4) is 28.6 Å². The van der Waals surface area contributed by atoms with Crippen molar-refractivity contribution >= 4 is 34.9 Å². The fourth-order valence-corrected chi connectivity index (χ4v) is 4.70. The highest BCUT2D eigenvalue weighted by atomic mass is 35.5. The lowest BCUT2D eigenvalue weighted by molar-refractivity contribution is -0.139. The molecule has 0 spiro atoms. The average molecular weight is 507 g/mol. The average Bonchev–Trinajstić information content (AvgIpc) is 3.33. The Hall–Kier alpha value is -3.75. The molecule has 7 nitrogen and oxygen atoms in total. The van der Waals surface area contributed by atoms with Crippen molar-refractivity contribution in [3.05, 3.63) is 87.9 Å². The molecule has 4 aromatic rings. The molecule has 0 fully saturated rings. The first-order valence-electron chi connectivity index (χ1n) is 10.9. The molecule has 3 aromatic carbocycles. The topological polar surface area (TPSA) is 98.6 Å². The Labute approximate surface area is 210 Å². The molecule has 9 heteroatoms. The van der Waals surface area contributed by atoms with Crippen LogP contribution in [-0.2, 0) is 11.2 Å². The van der Waals surface area contributed by atoms with Gasteiger partial charge in [-0.25, -0.2) is 4.98 Å². The molecule has 0 saturated heterocycles. The van der Waals surface area contributed by atoms with Crippen LogP contribution in [0.5, 0.6) is 17.2 Å². The van der Waals surface area contributed by atoms with E-state index in [1.165, 1.54) is 11.5 Å². The Kier molecular flexibility index (Phi) is 6.48. The molecule has 35 heavy (non-hydrogen) atoms. The van der Waals surface area contributed by atoms with Gasteiger partial charge >= 0.3 is 5.97 Å². The summed E-state index contributed by atoms with van der Waals surface area (Å²) in [6, 6.07) is 19.5. The van der Waals surface area contributed by atoms with Gasteiger partial charge in [0.2, 0.25) is 0 Å². The largest absolute Gasteiger partial charge is 0.493 e. The summed E-state index contributed by atoms with van der Waals surface area (Å²) in [7, 11) is 0. The number of carboxylic acids is 1. The van der Waals surface area contributed by atoms with Crippen LogP contribution >= 0.6 is 23.1 Å². The zero-order valence-electron chi connectivity index (χ0n) is 18.3. The van der Waals surface area contributed by atoms with E-state index in [4.69, 9.17) is 21.1 Å². The number of Topliss-reactive ketones (excluding diaryl/α,β-unsaturated/α-hetero) is 1. The highest BCUT2D eigenvalue weighted by Crippen LogP contribution is 2.41. The Balaban J connectivity index is 1.27. The number of benzene rings is 3. The van der Waals surface area contributed by atoms with Crippen LogP contribution < -0.4 is 9.47 Å². The Morgan fingerprint density at radius 2 is 1.89 bits per heavy atom. The maximum atomic E-state index is 12.7. The number of ether oxygens (including phenoxy) is 2. The van der Waals surface area contributed by atoms with Gasteiger partial charge in [0.15, 0.2) is 11.6 Å². The normalized spacial score (nSPS) is 14.6. The number of hydrogen-bond acceptors (Lipinski definition) is 7. The number of hydrogen-bond donors (Lipinski definition) is 1. The minimum atomic E-state index is -0.913. The highest BCUT2D eigenvalue weighted by molar-refractivity contribution is 7.05. The number of ketones is 1. The van der Waals surface area contributed by atoms with Crippen LogP contribution in [0.2, 0.25) is 5.02 Å². The molecule has 0 bridgehead atoms. The lowest BCUT2D eigenvalue weighted by Crippen LogP contribution is -2.20. The SMILES string of the molecule is O=C(Cc1nc(-c2ccccc2)ns1)c1ccc(Oc2cc3c(cc2Cl)C(C(=O)O)CCO3)cc1. The van der Waals surface area contributed by atoms with Crippen molar-refractivity contribution in [2.75, 3.05) is 6.61 Å². The third kappa shape index (κ3) is 5.03. The summed E-state index contributed by atoms with van der Waals surface area (Å²) in [4.78, 5) is 28.7. The number of halogens is 1. The zero-order chi connectivity index (χ0) is 24.4. The molecule has 5 rings (SSSR count). The molecule has 1 atom stereocenters. The van der Waals surface area contributed by atoms with Gasteiger partial charge in [-0.05, 0) is 48.3 Å². The van der Waals surface area contributed by atoms with Crippen LogP contribution in [-0.4, -0.2) is 32.8 Å². The van der Waals surface area contributed by atoms with E-state index in [0.717, 1.165) is 5.56 Å². The second-order valence-corrected chi connectivity index (χ2v) is 9.20. The van der Waals surface area contributed by atoms with Gasteiger partial charge in [-0.3, -0.25) is 9.59 Å².